The summed E-state index contributed by atoms with van der Waals surface area (Å²) < 4.78 is 67.6. The Kier molecular flexibility index (Phi) is 5.93. The molecule has 0 bridgehead atoms. The van der Waals surface area contributed by atoms with Crippen LogP contribution in [0.5, 0.6) is 0 Å². The van der Waals surface area contributed by atoms with Crippen LogP contribution in [0.25, 0.3) is 0 Å². The summed E-state index contributed by atoms with van der Waals surface area (Å²) in [5, 5.41) is 2.84. The number of amidine groups is 1. The molecule has 2 saturated heterocycles. The van der Waals surface area contributed by atoms with Gasteiger partial charge in [0.25, 0.3) is 0 Å². The van der Waals surface area contributed by atoms with Crippen molar-refractivity contribution in [2.45, 2.75) is 54.8 Å². The van der Waals surface area contributed by atoms with Gasteiger partial charge in [-0.15, -0.1) is 4.31 Å². The molecule has 12 heteroatoms. The summed E-state index contributed by atoms with van der Waals surface area (Å²) in [7, 11) is -4.26. The van der Waals surface area contributed by atoms with E-state index in [4.69, 9.17) is 4.99 Å². The van der Waals surface area contributed by atoms with E-state index in [2.05, 4.69) is 10.3 Å². The first-order valence-corrected chi connectivity index (χ1v) is 12.8. The average molecular weight is 508 g/mol. The molecule has 2 aromatic rings. The molecule has 0 radical (unpaired) electrons. The fraction of sp³-hybridized carbons (Fsp3) is 0.435. The Morgan fingerprint density at radius 3 is 2.66 bits per heavy atom. The molecule has 2 amide bonds. The number of pyridine rings is 1. The molecule has 186 valence electrons. The zero-order chi connectivity index (χ0) is 24.8. The van der Waals surface area contributed by atoms with Gasteiger partial charge in [0.05, 0.1) is 30.0 Å². The van der Waals surface area contributed by atoms with Crippen LogP contribution in [0.3, 0.4) is 0 Å². The van der Waals surface area contributed by atoms with E-state index in [9.17, 15) is 26.7 Å². The molecule has 1 saturated carbocycles. The Morgan fingerprint density at radius 1 is 1.20 bits per heavy atom. The van der Waals surface area contributed by atoms with E-state index in [0.29, 0.717) is 17.6 Å². The Balaban J connectivity index is 1.53. The van der Waals surface area contributed by atoms with Gasteiger partial charge in [0.15, 0.2) is 15.3 Å². The number of rotatable bonds is 4. The number of aliphatic imine (C=N–C) groups is 1. The topological polar surface area (TPSA) is 101 Å². The van der Waals surface area contributed by atoms with Gasteiger partial charge >= 0.3 is 12.2 Å². The first kappa shape index (κ1) is 23.9. The van der Waals surface area contributed by atoms with Crippen LogP contribution in [0.4, 0.5) is 23.7 Å². The van der Waals surface area contributed by atoms with Crippen molar-refractivity contribution >= 4 is 28.0 Å². The van der Waals surface area contributed by atoms with Gasteiger partial charge < -0.3 is 4.55 Å². The predicted molar refractivity (Wildman–Crippen MR) is 122 cm³/mol. The van der Waals surface area contributed by atoms with Gasteiger partial charge in [-0.1, -0.05) is 23.1 Å². The number of carbonyl (C=O) groups is 1. The molecule has 1 aromatic heterocycles. The number of anilines is 1. The second-order valence-electron chi connectivity index (χ2n) is 9.04. The van der Waals surface area contributed by atoms with Crippen molar-refractivity contribution in [2.24, 2.45) is 4.99 Å². The lowest BCUT2D eigenvalue weighted by Gasteiger charge is -2.33. The molecule has 5 rings (SSSR count). The van der Waals surface area contributed by atoms with Gasteiger partial charge in [-0.05, 0) is 43.5 Å². The van der Waals surface area contributed by atoms with Crippen LogP contribution in [0.15, 0.2) is 58.7 Å². The van der Waals surface area contributed by atoms with E-state index in [1.54, 1.807) is 18.3 Å². The number of aromatic nitrogens is 1. The van der Waals surface area contributed by atoms with Crippen LogP contribution in [-0.2, 0) is 20.8 Å². The number of hydrogen-bond donors (Lipinski definition) is 1. The van der Waals surface area contributed by atoms with Crippen molar-refractivity contribution in [1.29, 1.82) is 0 Å². The highest BCUT2D eigenvalue weighted by Gasteiger charge is 2.59. The Morgan fingerprint density at radius 2 is 1.97 bits per heavy atom. The third-order valence-corrected chi connectivity index (χ3v) is 8.69. The van der Waals surface area contributed by atoms with Gasteiger partial charge in [0.1, 0.15) is 11.4 Å². The highest BCUT2D eigenvalue weighted by atomic mass is 32.3. The summed E-state index contributed by atoms with van der Waals surface area (Å²) in [4.78, 5) is 23.1. The maximum Gasteiger partial charge on any atom is 0.416 e. The lowest BCUT2D eigenvalue weighted by Crippen LogP contribution is -2.53. The first-order chi connectivity index (χ1) is 16.6. The number of benzene rings is 1. The Labute approximate surface area is 201 Å². The molecule has 3 heterocycles. The van der Waals surface area contributed by atoms with E-state index >= 15 is 0 Å². The number of sulfonamides is 1. The van der Waals surface area contributed by atoms with Crippen LogP contribution in [-0.4, -0.2) is 50.4 Å². The summed E-state index contributed by atoms with van der Waals surface area (Å²) in [6.45, 7) is -0.112. The molecule has 8 nitrogen and oxygen atoms in total. The fourth-order valence-electron chi connectivity index (χ4n) is 5.11. The maximum atomic E-state index is 13.4. The fourth-order valence-corrected chi connectivity index (χ4v) is 6.65. The molecular formula is C23H24F3N5O3S. The number of nitrogens with zero attached hydrogens (tertiary/aromatic N) is 4. The molecule has 1 spiro atoms. The lowest BCUT2D eigenvalue weighted by molar-refractivity contribution is -0.137. The predicted octanol–water partition coefficient (Wildman–Crippen LogP) is 4.02. The van der Waals surface area contributed by atoms with E-state index in [1.807, 2.05) is 0 Å². The van der Waals surface area contributed by atoms with E-state index < -0.39 is 38.6 Å². The van der Waals surface area contributed by atoms with Gasteiger partial charge in [0, 0.05) is 18.8 Å². The minimum Gasteiger partial charge on any atom is -0.593 e. The summed E-state index contributed by atoms with van der Waals surface area (Å²) in [5.74, 6) is 0.403. The first-order valence-electron chi connectivity index (χ1n) is 11.4. The lowest BCUT2D eigenvalue weighted by atomic mass is 9.95. The molecule has 1 aromatic carbocycles. The second-order valence-corrected chi connectivity index (χ2v) is 11.0. The minimum absolute atomic E-state index is 0.0218. The van der Waals surface area contributed by atoms with Gasteiger partial charge in [-0.25, -0.2) is 4.79 Å². The van der Waals surface area contributed by atoms with Crippen LogP contribution in [0.2, 0.25) is 0 Å². The van der Waals surface area contributed by atoms with Gasteiger partial charge in [-0.3, -0.25) is 20.2 Å². The zero-order valence-electron chi connectivity index (χ0n) is 18.7. The minimum atomic E-state index is -4.67. The second kappa shape index (κ2) is 8.68. The van der Waals surface area contributed by atoms with Crippen molar-refractivity contribution in [3.05, 3.63) is 54.4 Å². The van der Waals surface area contributed by atoms with Crippen LogP contribution < -0.4 is 10.2 Å². The maximum absolute atomic E-state index is 13.4. The smallest absolute Gasteiger partial charge is 0.416 e. The molecule has 3 fully saturated rings. The summed E-state index contributed by atoms with van der Waals surface area (Å²) in [6.07, 6.45) is 2.49. The van der Waals surface area contributed by atoms with Crippen molar-refractivity contribution in [3.63, 3.8) is 0 Å². The van der Waals surface area contributed by atoms with Crippen LogP contribution in [0.1, 0.15) is 37.7 Å². The number of urea groups is 1. The number of halogens is 3. The van der Waals surface area contributed by atoms with E-state index in [0.717, 1.165) is 48.2 Å². The molecule has 1 aliphatic carbocycles. The number of hydrogen-bond acceptors (Lipinski definition) is 5. The summed E-state index contributed by atoms with van der Waals surface area (Å²) in [6, 6.07) is 6.69. The standard InChI is InChI=1S/C23H24F3N5O3S/c24-23(25,26)16-5-3-9-19(13-16)35(33,34)30-12-10-22(15-30)20(28-17-6-1-2-7-17)29-21(32)31(22)18-8-4-11-27-14-18/h3-5,8-9,11,13-14,17H,1-2,6-7,10,12,15H2,(H-,28,29,32,33,34). The largest absolute Gasteiger partial charge is 0.593 e. The third-order valence-electron chi connectivity index (χ3n) is 6.85. The number of amides is 2. The summed E-state index contributed by atoms with van der Waals surface area (Å²) in [5.41, 5.74) is -1.65. The highest BCUT2D eigenvalue weighted by Crippen LogP contribution is 2.41. The molecule has 1 N–H and O–H groups in total. The van der Waals surface area contributed by atoms with E-state index in [-0.39, 0.29) is 25.6 Å². The van der Waals surface area contributed by atoms with Crippen LogP contribution >= 0.6 is 0 Å². The normalized spacial score (nSPS) is 26.6. The molecule has 3 aliphatic rings. The average Bonchev–Trinajstić information content (AvgIpc) is 3.55. The van der Waals surface area contributed by atoms with E-state index in [1.165, 1.54) is 11.1 Å². The molecule has 35 heavy (non-hydrogen) atoms. The molecule has 2 aliphatic heterocycles. The molecule has 2 unspecified atom stereocenters. The van der Waals surface area contributed by atoms with Crippen LogP contribution in [0, 0.1) is 0 Å². The zero-order valence-corrected chi connectivity index (χ0v) is 19.5. The highest BCUT2D eigenvalue weighted by molar-refractivity contribution is 7.95. The number of nitrogens with one attached hydrogen (secondary N) is 1. The van der Waals surface area contributed by atoms with Gasteiger partial charge in [0.2, 0.25) is 0 Å². The SMILES string of the molecule is O=C1NC(=NC2CCCC2)C2(CCN([S+](=O)([O-])c3cccc(C(F)(F)F)c3)C2)N1c1cccnc1. The number of carbonyl (C=O) groups excluding carboxylic acids is 1. The van der Waals surface area contributed by atoms with Crippen molar-refractivity contribution in [2.75, 3.05) is 18.0 Å². The monoisotopic (exact) mass is 507 g/mol. The van der Waals surface area contributed by atoms with Gasteiger partial charge in [-0.2, -0.15) is 13.2 Å². The molecule has 2 atom stereocenters. The molecular weight excluding hydrogens is 483 g/mol. The third kappa shape index (κ3) is 4.23. The van der Waals surface area contributed by atoms with Crippen molar-refractivity contribution < 1.29 is 26.7 Å². The number of alkyl halides is 3. The summed E-state index contributed by atoms with van der Waals surface area (Å²) >= 11 is 0. The Bertz CT molecular complexity index is 1200. The van der Waals surface area contributed by atoms with Crippen molar-refractivity contribution in [1.82, 2.24) is 14.6 Å². The van der Waals surface area contributed by atoms with Crippen molar-refractivity contribution in [3.8, 4) is 0 Å². The quantitative estimate of drug-likeness (QED) is 0.632. The Hall–Kier alpha value is -2.83.